The molecule has 2 atom stereocenters. The molecule has 0 aromatic heterocycles. The Hall–Kier alpha value is -2.66. The summed E-state index contributed by atoms with van der Waals surface area (Å²) in [5.41, 5.74) is 0.0774. The molecular weight excluding hydrogens is 352 g/mol. The van der Waals surface area contributed by atoms with Crippen molar-refractivity contribution in [3.05, 3.63) is 36.5 Å². The number of carbonyl (C=O) groups is 4. The van der Waals surface area contributed by atoms with Crippen molar-refractivity contribution in [1.82, 2.24) is 0 Å². The number of rotatable bonds is 7. The predicted octanol–water partition coefficient (Wildman–Crippen LogP) is -1.47. The van der Waals surface area contributed by atoms with Crippen LogP contribution in [0.4, 0.5) is 0 Å². The largest absolute Gasteiger partial charge is 0.394 e. The number of hydrogen-bond acceptors (Lipinski definition) is 10. The Bertz CT molecular complexity index is 526. The fourth-order valence-electron chi connectivity index (χ4n) is 0.804. The third-order valence-corrected chi connectivity index (χ3v) is 2.26. The molecule has 0 aromatic rings. The molecule has 0 heterocycles. The van der Waals surface area contributed by atoms with Gasteiger partial charge < -0.3 is 29.9 Å². The van der Waals surface area contributed by atoms with Gasteiger partial charge in [0.2, 0.25) is 0 Å². The summed E-state index contributed by atoms with van der Waals surface area (Å²) in [7, 11) is 0. The molecule has 0 aliphatic heterocycles. The molecule has 0 aromatic carbocycles. The van der Waals surface area contributed by atoms with Crippen LogP contribution in [-0.2, 0) is 28.7 Å². The van der Waals surface area contributed by atoms with Crippen LogP contribution in [-0.4, -0.2) is 69.7 Å². The molecule has 0 aliphatic rings. The average Bonchev–Trinajstić information content (AvgIpc) is 2.58. The van der Waals surface area contributed by atoms with Gasteiger partial charge in [0, 0.05) is 23.3 Å². The van der Waals surface area contributed by atoms with Crippen LogP contribution in [0.25, 0.3) is 0 Å². The van der Waals surface area contributed by atoms with Gasteiger partial charge in [-0.3, -0.25) is 0 Å². The van der Waals surface area contributed by atoms with Gasteiger partial charge in [0.1, 0.15) is 12.2 Å². The first-order valence-electron chi connectivity index (χ1n) is 7.05. The molecule has 0 rings (SSSR count). The van der Waals surface area contributed by atoms with Crippen molar-refractivity contribution < 1.29 is 49.1 Å². The first kappa shape index (κ1) is 25.6. The van der Waals surface area contributed by atoms with E-state index in [-0.39, 0.29) is 11.1 Å². The molecule has 0 radical (unpaired) electrons. The van der Waals surface area contributed by atoms with Crippen molar-refractivity contribution in [3.63, 3.8) is 0 Å². The standard InChI is InChI=1S/C12H12O6.C4H10O4/c1-7(2)11(15)17-9(13)5-6-10(14)18-12(16)8(3)4;5-1-3(7)4(8)2-6/h5-6H,1,3H2,2,4H3;3-8H,1-2H2/b6-5-;. The van der Waals surface area contributed by atoms with E-state index in [4.69, 9.17) is 20.4 Å². The maximum atomic E-state index is 11.0. The first-order valence-corrected chi connectivity index (χ1v) is 7.05. The van der Waals surface area contributed by atoms with Crippen LogP contribution >= 0.6 is 0 Å². The smallest absolute Gasteiger partial charge is 0.340 e. The van der Waals surface area contributed by atoms with E-state index in [0.29, 0.717) is 12.2 Å². The predicted molar refractivity (Wildman–Crippen MR) is 87.2 cm³/mol. The van der Waals surface area contributed by atoms with Gasteiger partial charge in [-0.25, -0.2) is 19.2 Å². The van der Waals surface area contributed by atoms with Crippen LogP contribution in [0.5, 0.6) is 0 Å². The monoisotopic (exact) mass is 374 g/mol. The van der Waals surface area contributed by atoms with E-state index in [0.717, 1.165) is 0 Å². The lowest BCUT2D eigenvalue weighted by Crippen LogP contribution is -2.31. The molecule has 2 unspecified atom stereocenters. The third kappa shape index (κ3) is 12.7. The zero-order chi connectivity index (χ0) is 20.9. The second kappa shape index (κ2) is 13.6. The number of aliphatic hydroxyl groups excluding tert-OH is 4. The summed E-state index contributed by atoms with van der Waals surface area (Å²) in [6, 6.07) is 0. The van der Waals surface area contributed by atoms with Gasteiger partial charge in [0.25, 0.3) is 0 Å². The van der Waals surface area contributed by atoms with Crippen molar-refractivity contribution in [2.75, 3.05) is 13.2 Å². The number of ether oxygens (including phenoxy) is 2. The van der Waals surface area contributed by atoms with E-state index in [1.807, 2.05) is 0 Å². The molecule has 0 fully saturated rings. The van der Waals surface area contributed by atoms with Gasteiger partial charge in [0.15, 0.2) is 0 Å². The summed E-state index contributed by atoms with van der Waals surface area (Å²) in [5, 5.41) is 33.2. The fraction of sp³-hybridized carbons (Fsp3) is 0.375. The Morgan fingerprint density at radius 3 is 1.27 bits per heavy atom. The SMILES string of the molecule is C=C(C)C(=O)OC(=O)/C=C\C(=O)OC(=O)C(=C)C.OCC(O)C(O)CO. The highest BCUT2D eigenvalue weighted by Crippen LogP contribution is 1.96. The van der Waals surface area contributed by atoms with Crippen molar-refractivity contribution in [2.24, 2.45) is 0 Å². The van der Waals surface area contributed by atoms with Crippen LogP contribution in [0.15, 0.2) is 36.5 Å². The van der Waals surface area contributed by atoms with Gasteiger partial charge >= 0.3 is 23.9 Å². The first-order chi connectivity index (χ1) is 12.0. The van der Waals surface area contributed by atoms with Crippen molar-refractivity contribution in [3.8, 4) is 0 Å². The van der Waals surface area contributed by atoms with E-state index in [1.165, 1.54) is 13.8 Å². The summed E-state index contributed by atoms with van der Waals surface area (Å²) in [5.74, 6) is -3.95. The van der Waals surface area contributed by atoms with Gasteiger partial charge in [-0.05, 0) is 13.8 Å². The lowest BCUT2D eigenvalue weighted by Gasteiger charge is -2.10. The van der Waals surface area contributed by atoms with Gasteiger partial charge in [-0.15, -0.1) is 0 Å². The van der Waals surface area contributed by atoms with Crippen LogP contribution in [0.2, 0.25) is 0 Å². The summed E-state index contributed by atoms with van der Waals surface area (Å²) < 4.78 is 8.48. The van der Waals surface area contributed by atoms with Crippen LogP contribution in [0, 0.1) is 0 Å². The molecule has 10 nitrogen and oxygen atoms in total. The molecule has 0 bridgehead atoms. The van der Waals surface area contributed by atoms with E-state index in [9.17, 15) is 19.2 Å². The van der Waals surface area contributed by atoms with Gasteiger partial charge in [0.05, 0.1) is 13.2 Å². The van der Waals surface area contributed by atoms with Crippen LogP contribution < -0.4 is 0 Å². The minimum absolute atomic E-state index is 0.0387. The lowest BCUT2D eigenvalue weighted by molar-refractivity contribution is -0.156. The van der Waals surface area contributed by atoms with Crippen LogP contribution in [0.3, 0.4) is 0 Å². The lowest BCUT2D eigenvalue weighted by atomic mass is 10.2. The van der Waals surface area contributed by atoms with Crippen molar-refractivity contribution in [2.45, 2.75) is 26.1 Å². The Balaban J connectivity index is 0. The maximum absolute atomic E-state index is 11.0. The second-order valence-corrected chi connectivity index (χ2v) is 4.81. The molecule has 10 heteroatoms. The Morgan fingerprint density at radius 1 is 0.808 bits per heavy atom. The molecular formula is C16H22O10. The molecule has 0 saturated carbocycles. The number of aliphatic hydroxyl groups is 4. The average molecular weight is 374 g/mol. The quantitative estimate of drug-likeness (QED) is 0.234. The zero-order valence-corrected chi connectivity index (χ0v) is 14.4. The van der Waals surface area contributed by atoms with E-state index in [2.05, 4.69) is 22.6 Å². The summed E-state index contributed by atoms with van der Waals surface area (Å²) in [6.07, 6.45) is -1.12. The molecule has 26 heavy (non-hydrogen) atoms. The highest BCUT2D eigenvalue weighted by molar-refractivity contribution is 6.03. The highest BCUT2D eigenvalue weighted by Gasteiger charge is 2.12. The Kier molecular flexibility index (Phi) is 13.4. The minimum atomic E-state index is -1.22. The number of esters is 4. The summed E-state index contributed by atoms with van der Waals surface area (Å²) >= 11 is 0. The number of hydrogen-bond donors (Lipinski definition) is 4. The highest BCUT2D eigenvalue weighted by atomic mass is 16.6. The molecule has 0 amide bonds. The second-order valence-electron chi connectivity index (χ2n) is 4.81. The number of carbonyl (C=O) groups excluding carboxylic acids is 4. The maximum Gasteiger partial charge on any atom is 0.340 e. The van der Waals surface area contributed by atoms with Crippen molar-refractivity contribution in [1.29, 1.82) is 0 Å². The topological polar surface area (TPSA) is 168 Å². The van der Waals surface area contributed by atoms with Crippen molar-refractivity contribution >= 4 is 23.9 Å². The summed E-state index contributed by atoms with van der Waals surface area (Å²) in [6.45, 7) is 8.20. The summed E-state index contributed by atoms with van der Waals surface area (Å²) in [4.78, 5) is 43.8. The molecule has 4 N–H and O–H groups in total. The zero-order valence-electron chi connectivity index (χ0n) is 14.4. The van der Waals surface area contributed by atoms with E-state index >= 15 is 0 Å². The van der Waals surface area contributed by atoms with E-state index in [1.54, 1.807) is 0 Å². The molecule has 0 saturated heterocycles. The Labute approximate surface area is 149 Å². The molecule has 0 aliphatic carbocycles. The Morgan fingerprint density at radius 2 is 1.08 bits per heavy atom. The fourth-order valence-corrected chi connectivity index (χ4v) is 0.804. The van der Waals surface area contributed by atoms with Gasteiger partial charge in [-0.1, -0.05) is 13.2 Å². The molecule has 0 spiro atoms. The van der Waals surface area contributed by atoms with Crippen LogP contribution in [0.1, 0.15) is 13.8 Å². The molecule has 146 valence electrons. The minimum Gasteiger partial charge on any atom is -0.394 e. The normalized spacial score (nSPS) is 12.2. The van der Waals surface area contributed by atoms with E-state index < -0.39 is 49.3 Å². The van der Waals surface area contributed by atoms with Gasteiger partial charge in [-0.2, -0.15) is 0 Å². The third-order valence-electron chi connectivity index (χ3n) is 2.26.